The molecule has 0 aliphatic carbocycles. The first-order valence-electron chi connectivity index (χ1n) is 10.4. The first-order chi connectivity index (χ1) is 16.4. The molecule has 0 unspecified atom stereocenters. The van der Waals surface area contributed by atoms with Gasteiger partial charge in [0.2, 0.25) is 0 Å². The number of hydrazone groups is 1. The van der Waals surface area contributed by atoms with Gasteiger partial charge in [0.25, 0.3) is 5.91 Å². The van der Waals surface area contributed by atoms with Gasteiger partial charge in [-0.1, -0.05) is 29.3 Å². The number of esters is 1. The van der Waals surface area contributed by atoms with Crippen molar-refractivity contribution in [3.63, 3.8) is 0 Å². The standard InChI is InChI=1S/C25H22Cl2N2O5/c1-3-32-23-13-17(7-12-22(23)34-25(31)18-8-10-19(26)11-9-18)15-28-29-24(30)16(2)33-21-6-4-5-20(27)14-21/h4-16H,3H2,1-2H3,(H,29,30)/b28-15-/t16-/m0/s1. The Kier molecular flexibility index (Phi) is 8.90. The first-order valence-corrected chi connectivity index (χ1v) is 11.1. The number of rotatable bonds is 9. The predicted molar refractivity (Wildman–Crippen MR) is 131 cm³/mol. The number of halogens is 2. The van der Waals surface area contributed by atoms with E-state index in [1.807, 2.05) is 6.92 Å². The Hall–Kier alpha value is -3.55. The molecule has 0 aliphatic rings. The van der Waals surface area contributed by atoms with Crippen molar-refractivity contribution in [3.05, 3.63) is 87.9 Å². The molecule has 3 rings (SSSR count). The number of carbonyl (C=O) groups excluding carboxylic acids is 2. The summed E-state index contributed by atoms with van der Waals surface area (Å²) in [6.07, 6.45) is 0.654. The van der Waals surface area contributed by atoms with Gasteiger partial charge in [-0.05, 0) is 80.1 Å². The van der Waals surface area contributed by atoms with Gasteiger partial charge in [-0.15, -0.1) is 0 Å². The summed E-state index contributed by atoms with van der Waals surface area (Å²) in [7, 11) is 0. The van der Waals surface area contributed by atoms with Crippen molar-refractivity contribution < 1.29 is 23.8 Å². The Labute approximate surface area is 207 Å². The molecular weight excluding hydrogens is 479 g/mol. The van der Waals surface area contributed by atoms with Gasteiger partial charge in [0.15, 0.2) is 17.6 Å². The Morgan fingerprint density at radius 3 is 2.47 bits per heavy atom. The molecule has 0 fully saturated rings. The van der Waals surface area contributed by atoms with E-state index in [9.17, 15) is 9.59 Å². The number of ether oxygens (including phenoxy) is 3. The van der Waals surface area contributed by atoms with E-state index in [0.29, 0.717) is 39.3 Å². The molecule has 0 radical (unpaired) electrons. The molecule has 1 N–H and O–H groups in total. The summed E-state index contributed by atoms with van der Waals surface area (Å²) in [4.78, 5) is 24.7. The number of benzene rings is 3. The van der Waals surface area contributed by atoms with Crippen LogP contribution in [-0.2, 0) is 4.79 Å². The number of nitrogens with zero attached hydrogens (tertiary/aromatic N) is 1. The zero-order chi connectivity index (χ0) is 24.5. The topological polar surface area (TPSA) is 86.2 Å². The quantitative estimate of drug-likeness (QED) is 0.180. The highest BCUT2D eigenvalue weighted by Crippen LogP contribution is 2.29. The fourth-order valence-electron chi connectivity index (χ4n) is 2.76. The van der Waals surface area contributed by atoms with E-state index in [2.05, 4.69) is 10.5 Å². The molecule has 0 saturated carbocycles. The maximum Gasteiger partial charge on any atom is 0.343 e. The monoisotopic (exact) mass is 500 g/mol. The number of nitrogens with one attached hydrogen (secondary N) is 1. The van der Waals surface area contributed by atoms with Gasteiger partial charge in [0.05, 0.1) is 18.4 Å². The third kappa shape index (κ3) is 7.23. The highest BCUT2D eigenvalue weighted by molar-refractivity contribution is 6.31. The molecule has 34 heavy (non-hydrogen) atoms. The predicted octanol–water partition coefficient (Wildman–Crippen LogP) is 5.53. The van der Waals surface area contributed by atoms with Crippen LogP contribution in [0, 0.1) is 0 Å². The average Bonchev–Trinajstić information content (AvgIpc) is 2.81. The van der Waals surface area contributed by atoms with Crippen LogP contribution in [0.2, 0.25) is 10.0 Å². The van der Waals surface area contributed by atoms with Crippen molar-refractivity contribution in [1.82, 2.24) is 5.43 Å². The maximum absolute atomic E-state index is 12.4. The normalized spacial score (nSPS) is 11.6. The van der Waals surface area contributed by atoms with Crippen molar-refractivity contribution in [2.45, 2.75) is 20.0 Å². The summed E-state index contributed by atoms with van der Waals surface area (Å²) in [6.45, 7) is 3.77. The molecule has 1 amide bonds. The number of carbonyl (C=O) groups is 2. The van der Waals surface area contributed by atoms with Crippen LogP contribution in [0.25, 0.3) is 0 Å². The zero-order valence-electron chi connectivity index (χ0n) is 18.5. The molecule has 0 aromatic heterocycles. The summed E-state index contributed by atoms with van der Waals surface area (Å²) in [6, 6.07) is 18.0. The van der Waals surface area contributed by atoms with E-state index in [1.165, 1.54) is 6.21 Å². The Balaban J connectivity index is 1.62. The SMILES string of the molecule is CCOc1cc(/C=N\NC(=O)[C@H](C)Oc2cccc(Cl)c2)ccc1OC(=O)c1ccc(Cl)cc1. The summed E-state index contributed by atoms with van der Waals surface area (Å²) >= 11 is 11.8. The second-order valence-electron chi connectivity index (χ2n) is 6.99. The summed E-state index contributed by atoms with van der Waals surface area (Å²) < 4.78 is 16.6. The average molecular weight is 501 g/mol. The van der Waals surface area contributed by atoms with Crippen LogP contribution >= 0.6 is 23.2 Å². The van der Waals surface area contributed by atoms with Crippen LogP contribution in [0.3, 0.4) is 0 Å². The molecule has 0 aliphatic heterocycles. The summed E-state index contributed by atoms with van der Waals surface area (Å²) in [5, 5.41) is 4.99. The van der Waals surface area contributed by atoms with Crippen LogP contribution in [0.5, 0.6) is 17.2 Å². The lowest BCUT2D eigenvalue weighted by Crippen LogP contribution is -2.33. The molecule has 9 heteroatoms. The molecule has 0 heterocycles. The molecule has 1 atom stereocenters. The van der Waals surface area contributed by atoms with E-state index >= 15 is 0 Å². The van der Waals surface area contributed by atoms with Gasteiger partial charge in [0, 0.05) is 10.0 Å². The molecule has 3 aromatic rings. The second kappa shape index (κ2) is 12.1. The minimum atomic E-state index is -0.788. The highest BCUT2D eigenvalue weighted by Gasteiger charge is 2.15. The van der Waals surface area contributed by atoms with E-state index in [0.717, 1.165) is 0 Å². The van der Waals surface area contributed by atoms with Crippen LogP contribution in [0.15, 0.2) is 71.8 Å². The van der Waals surface area contributed by atoms with Gasteiger partial charge in [-0.2, -0.15) is 5.10 Å². The van der Waals surface area contributed by atoms with E-state index < -0.39 is 18.0 Å². The lowest BCUT2D eigenvalue weighted by molar-refractivity contribution is -0.127. The Morgan fingerprint density at radius 2 is 1.76 bits per heavy atom. The van der Waals surface area contributed by atoms with Gasteiger partial charge in [-0.25, -0.2) is 10.2 Å². The van der Waals surface area contributed by atoms with Crippen LogP contribution in [-0.4, -0.2) is 30.8 Å². The largest absolute Gasteiger partial charge is 0.490 e. The third-order valence-electron chi connectivity index (χ3n) is 4.42. The molecule has 0 saturated heterocycles. The fraction of sp³-hybridized carbons (Fsp3) is 0.160. The lowest BCUT2D eigenvalue weighted by Gasteiger charge is -2.13. The van der Waals surface area contributed by atoms with Crippen molar-refractivity contribution in [2.24, 2.45) is 5.10 Å². The van der Waals surface area contributed by atoms with E-state index in [4.69, 9.17) is 37.4 Å². The van der Waals surface area contributed by atoms with Gasteiger partial charge in [-0.3, -0.25) is 4.79 Å². The number of amides is 1. The maximum atomic E-state index is 12.4. The van der Waals surface area contributed by atoms with Crippen molar-refractivity contribution >= 4 is 41.3 Å². The third-order valence-corrected chi connectivity index (χ3v) is 4.90. The molecule has 0 bridgehead atoms. The second-order valence-corrected chi connectivity index (χ2v) is 7.86. The van der Waals surface area contributed by atoms with Crippen molar-refractivity contribution in [3.8, 4) is 17.2 Å². The number of hydrogen-bond donors (Lipinski definition) is 1. The smallest absolute Gasteiger partial charge is 0.343 e. The van der Waals surface area contributed by atoms with Gasteiger partial charge < -0.3 is 14.2 Å². The molecule has 7 nitrogen and oxygen atoms in total. The minimum absolute atomic E-state index is 0.256. The fourth-order valence-corrected chi connectivity index (χ4v) is 3.07. The van der Waals surface area contributed by atoms with Gasteiger partial charge >= 0.3 is 5.97 Å². The van der Waals surface area contributed by atoms with Crippen LogP contribution in [0.1, 0.15) is 29.8 Å². The lowest BCUT2D eigenvalue weighted by atomic mass is 10.2. The highest BCUT2D eigenvalue weighted by atomic mass is 35.5. The molecular formula is C25H22Cl2N2O5. The molecule has 0 spiro atoms. The van der Waals surface area contributed by atoms with E-state index in [-0.39, 0.29) is 5.75 Å². The first kappa shape index (κ1) is 25.1. The van der Waals surface area contributed by atoms with Crippen LogP contribution < -0.4 is 19.6 Å². The minimum Gasteiger partial charge on any atom is -0.490 e. The van der Waals surface area contributed by atoms with Crippen LogP contribution in [0.4, 0.5) is 0 Å². The van der Waals surface area contributed by atoms with Crippen molar-refractivity contribution in [2.75, 3.05) is 6.61 Å². The Morgan fingerprint density at radius 1 is 1.00 bits per heavy atom. The molecule has 176 valence electrons. The number of hydrogen-bond acceptors (Lipinski definition) is 6. The summed E-state index contributed by atoms with van der Waals surface area (Å²) in [5.41, 5.74) is 3.41. The summed E-state index contributed by atoms with van der Waals surface area (Å²) in [5.74, 6) is 0.114. The van der Waals surface area contributed by atoms with Crippen molar-refractivity contribution in [1.29, 1.82) is 0 Å². The molecule has 3 aromatic carbocycles. The Bertz CT molecular complexity index is 1180. The zero-order valence-corrected chi connectivity index (χ0v) is 20.0. The van der Waals surface area contributed by atoms with E-state index in [1.54, 1.807) is 73.7 Å². The van der Waals surface area contributed by atoms with Gasteiger partial charge in [0.1, 0.15) is 5.75 Å².